The number of rotatable bonds is 11. The van der Waals surface area contributed by atoms with Crippen LogP contribution in [0.15, 0.2) is 11.6 Å². The van der Waals surface area contributed by atoms with Gasteiger partial charge in [-0.15, -0.1) is 0 Å². The molecule has 5 fully saturated rings. The predicted octanol–water partition coefficient (Wildman–Crippen LogP) is 0.215. The molecule has 0 aromatic heterocycles. The summed E-state index contributed by atoms with van der Waals surface area (Å²) in [4.78, 5) is 0. The van der Waals surface area contributed by atoms with Gasteiger partial charge in [-0.2, -0.15) is 0 Å². The zero-order valence-corrected chi connectivity index (χ0v) is 32.1. The first kappa shape index (κ1) is 41.8. The lowest BCUT2D eigenvalue weighted by Crippen LogP contribution is -2.66. The van der Waals surface area contributed by atoms with E-state index in [9.17, 15) is 46.0 Å². The Kier molecular flexibility index (Phi) is 12.5. The van der Waals surface area contributed by atoms with Crippen LogP contribution in [0.25, 0.3) is 0 Å². The van der Waals surface area contributed by atoms with E-state index in [0.717, 1.165) is 18.4 Å². The summed E-state index contributed by atoms with van der Waals surface area (Å²) in [5.74, 6) is -0.947. The molecule has 20 atom stereocenters. The molecule has 0 aromatic carbocycles. The number of hydrogen-bond donors (Lipinski definition) is 9. The molecule has 3 saturated carbocycles. The molecule has 0 bridgehead atoms. The van der Waals surface area contributed by atoms with Gasteiger partial charge in [0, 0.05) is 19.4 Å². The van der Waals surface area contributed by atoms with Crippen LogP contribution in [0.3, 0.4) is 0 Å². The van der Waals surface area contributed by atoms with E-state index in [2.05, 4.69) is 34.6 Å². The second-order valence-corrected chi connectivity index (χ2v) is 18.1. The van der Waals surface area contributed by atoms with Crippen molar-refractivity contribution in [2.75, 3.05) is 26.9 Å². The van der Waals surface area contributed by atoms with Crippen molar-refractivity contribution in [3.05, 3.63) is 11.6 Å². The lowest BCUT2D eigenvalue weighted by atomic mass is 9.43. The van der Waals surface area contributed by atoms with Gasteiger partial charge in [-0.25, -0.2) is 0 Å². The molecule has 0 aromatic rings. The minimum atomic E-state index is -1.43. The molecule has 2 heterocycles. The maximum absolute atomic E-state index is 12.8. The topological polar surface area (TPSA) is 228 Å². The van der Waals surface area contributed by atoms with Crippen LogP contribution in [-0.2, 0) is 23.7 Å². The number of aliphatic hydroxyl groups excluding tert-OH is 8. The summed E-state index contributed by atoms with van der Waals surface area (Å²) in [7, 11) is 1.42. The van der Waals surface area contributed by atoms with Crippen LogP contribution in [0, 0.1) is 46.3 Å². The summed E-state index contributed by atoms with van der Waals surface area (Å²) < 4.78 is 28.7. The van der Waals surface area contributed by atoms with Crippen molar-refractivity contribution >= 4 is 0 Å². The molecule has 4 aliphatic carbocycles. The lowest BCUT2D eigenvalue weighted by molar-refractivity contribution is -0.285. The average molecular weight is 759 g/mol. The fourth-order valence-corrected chi connectivity index (χ4v) is 11.8. The van der Waals surface area contributed by atoms with Crippen LogP contribution in [0.4, 0.5) is 0 Å². The maximum atomic E-state index is 12.8. The fraction of sp³-hybridized carbons (Fsp3) is 0.949. The van der Waals surface area contributed by atoms with Crippen molar-refractivity contribution in [1.29, 1.82) is 0 Å². The largest absolute Gasteiger partial charge is 0.390 e. The molecule has 306 valence electrons. The Balaban J connectivity index is 1.14. The minimum Gasteiger partial charge on any atom is -0.390 e. The van der Waals surface area contributed by atoms with Crippen molar-refractivity contribution in [3.63, 3.8) is 0 Å². The standard InChI is InChI=1S/C39H66O14/c1-18(2)20(15-50-35-32(47)28(43)24(41)16-51-35)8-7-19(3)27-30(45)31(46)34-38(27,5)12-10-26-37(4)11-9-21(13-22(37)23(40)14-39(26,34)48)53-36-33(49-6)29(44)25(42)17-52-36/h13,18-21,23-36,40-48H,7-12,14-17H2,1-6H3/t19-,20?,21+,23-,24-,25-,26?,27+,28+,29+,30-,31?,32-,33-,34?,35-,36+,37+,38-,39+/m1/s1. The van der Waals surface area contributed by atoms with Crippen LogP contribution in [0.1, 0.15) is 79.6 Å². The Morgan fingerprint density at radius 2 is 1.47 bits per heavy atom. The van der Waals surface area contributed by atoms with Crippen molar-refractivity contribution in [1.82, 2.24) is 0 Å². The zero-order valence-electron chi connectivity index (χ0n) is 32.1. The van der Waals surface area contributed by atoms with Gasteiger partial charge in [0.05, 0.1) is 49.8 Å². The molecule has 2 aliphatic heterocycles. The first-order valence-corrected chi connectivity index (χ1v) is 19.8. The number of hydrogen-bond acceptors (Lipinski definition) is 14. The molecular formula is C39H66O14. The Morgan fingerprint density at radius 3 is 2.13 bits per heavy atom. The van der Waals surface area contributed by atoms with Crippen LogP contribution < -0.4 is 0 Å². The molecule has 9 N–H and O–H groups in total. The summed E-state index contributed by atoms with van der Waals surface area (Å²) in [6.07, 6.45) is -6.71. The normalized spacial score (nSPS) is 51.2. The van der Waals surface area contributed by atoms with Gasteiger partial charge in [0.1, 0.15) is 36.6 Å². The summed E-state index contributed by atoms with van der Waals surface area (Å²) in [6.45, 7) is 10.5. The van der Waals surface area contributed by atoms with Crippen molar-refractivity contribution in [2.24, 2.45) is 46.3 Å². The van der Waals surface area contributed by atoms with Gasteiger partial charge >= 0.3 is 0 Å². The molecule has 2 saturated heterocycles. The monoisotopic (exact) mass is 758 g/mol. The summed E-state index contributed by atoms with van der Waals surface area (Å²) >= 11 is 0. The van der Waals surface area contributed by atoms with Crippen LogP contribution in [0.2, 0.25) is 0 Å². The maximum Gasteiger partial charge on any atom is 0.187 e. The molecule has 14 nitrogen and oxygen atoms in total. The number of methoxy groups -OCH3 is 1. The van der Waals surface area contributed by atoms with E-state index in [1.807, 2.05) is 6.08 Å². The Bertz CT molecular complexity index is 1280. The van der Waals surface area contributed by atoms with Gasteiger partial charge in [0.25, 0.3) is 0 Å². The van der Waals surface area contributed by atoms with Gasteiger partial charge < -0.3 is 69.6 Å². The van der Waals surface area contributed by atoms with E-state index in [1.165, 1.54) is 7.11 Å². The molecule has 14 heteroatoms. The first-order valence-electron chi connectivity index (χ1n) is 19.8. The van der Waals surface area contributed by atoms with E-state index in [-0.39, 0.29) is 55.8 Å². The van der Waals surface area contributed by atoms with Crippen LogP contribution >= 0.6 is 0 Å². The van der Waals surface area contributed by atoms with Crippen molar-refractivity contribution < 1.29 is 69.6 Å². The van der Waals surface area contributed by atoms with Gasteiger partial charge in [-0.05, 0) is 84.5 Å². The van der Waals surface area contributed by atoms with Crippen molar-refractivity contribution in [3.8, 4) is 0 Å². The second-order valence-electron chi connectivity index (χ2n) is 18.1. The Hall–Kier alpha value is -0.820. The molecule has 6 aliphatic rings. The van der Waals surface area contributed by atoms with E-state index >= 15 is 0 Å². The van der Waals surface area contributed by atoms with Gasteiger partial charge in [-0.3, -0.25) is 0 Å². The van der Waals surface area contributed by atoms with Crippen LogP contribution in [0.5, 0.6) is 0 Å². The Morgan fingerprint density at radius 1 is 0.811 bits per heavy atom. The highest BCUT2D eigenvalue weighted by Gasteiger charge is 2.72. The highest BCUT2D eigenvalue weighted by Crippen LogP contribution is 2.69. The van der Waals surface area contributed by atoms with E-state index in [1.54, 1.807) is 0 Å². The third kappa shape index (κ3) is 7.30. The first-order chi connectivity index (χ1) is 24.9. The zero-order chi connectivity index (χ0) is 38.8. The highest BCUT2D eigenvalue weighted by molar-refractivity contribution is 5.33. The van der Waals surface area contributed by atoms with Crippen molar-refractivity contribution in [2.45, 2.75) is 159 Å². The van der Waals surface area contributed by atoms with Gasteiger partial charge in [0.2, 0.25) is 0 Å². The minimum absolute atomic E-state index is 0.0192. The second kappa shape index (κ2) is 15.8. The molecule has 0 radical (unpaired) electrons. The van der Waals surface area contributed by atoms with E-state index in [0.29, 0.717) is 25.7 Å². The van der Waals surface area contributed by atoms with Gasteiger partial charge in [0.15, 0.2) is 12.6 Å². The average Bonchev–Trinajstić information content (AvgIpc) is 3.31. The quantitative estimate of drug-likeness (QED) is 0.129. The number of fused-ring (bicyclic) bond motifs is 5. The lowest BCUT2D eigenvalue weighted by Gasteiger charge is -2.64. The highest BCUT2D eigenvalue weighted by atomic mass is 16.7. The third-order valence-corrected chi connectivity index (χ3v) is 14.8. The molecule has 4 unspecified atom stereocenters. The molecular weight excluding hydrogens is 692 g/mol. The predicted molar refractivity (Wildman–Crippen MR) is 189 cm³/mol. The summed E-state index contributed by atoms with van der Waals surface area (Å²) in [6, 6.07) is 0. The Labute approximate surface area is 313 Å². The van der Waals surface area contributed by atoms with Gasteiger partial charge in [-0.1, -0.05) is 40.7 Å². The van der Waals surface area contributed by atoms with Crippen LogP contribution in [-0.4, -0.2) is 152 Å². The molecule has 0 spiro atoms. The molecule has 0 amide bonds. The number of ether oxygens (including phenoxy) is 5. The smallest absolute Gasteiger partial charge is 0.187 e. The fourth-order valence-electron chi connectivity index (χ4n) is 11.8. The third-order valence-electron chi connectivity index (χ3n) is 14.8. The van der Waals surface area contributed by atoms with E-state index in [4.69, 9.17) is 23.7 Å². The van der Waals surface area contributed by atoms with E-state index < -0.39 is 96.0 Å². The molecule has 6 rings (SSSR count). The SMILES string of the molecule is CO[C@H]1[C@H](O[C@@H]2C=C3[C@H](O)C[C@]4(O)C(CC[C@@]5(C)C4C(O)[C@H](O)[C@@H]5[C@H](C)CCC(CO[C@@H]4OC[C@@H](O)[C@H](O)[C@H]4O)C(C)C)[C@@]3(C)CC2)OC[C@@H](O)[C@@H]1O. The summed E-state index contributed by atoms with van der Waals surface area (Å²) in [5.41, 5.74) is -1.82. The number of aliphatic hydroxyl groups is 9. The summed E-state index contributed by atoms with van der Waals surface area (Å²) in [5, 5.41) is 98.8. The molecule has 53 heavy (non-hydrogen) atoms.